The summed E-state index contributed by atoms with van der Waals surface area (Å²) >= 11 is 0. The standard InChI is InChI=1S/C17H24N2O3S/c1-19(15-8-11-23(21,22)12-15)16(20)18-13-17(9-5-10-17)14-6-3-2-4-7-14/h2-4,6-7,15H,5,8-13H2,1H3,(H,18,20). The summed E-state index contributed by atoms with van der Waals surface area (Å²) in [6, 6.07) is 9.95. The van der Waals surface area contributed by atoms with Gasteiger partial charge < -0.3 is 10.2 Å². The molecule has 1 unspecified atom stereocenters. The maximum absolute atomic E-state index is 12.4. The zero-order chi connectivity index (χ0) is 16.5. The van der Waals surface area contributed by atoms with Gasteiger partial charge in [0.05, 0.1) is 11.5 Å². The molecule has 6 heteroatoms. The number of nitrogens with zero attached hydrogens (tertiary/aromatic N) is 1. The Bertz CT molecular complexity index is 668. The Kier molecular flexibility index (Phi) is 4.36. The quantitative estimate of drug-likeness (QED) is 0.914. The average molecular weight is 336 g/mol. The molecule has 1 saturated carbocycles. The van der Waals surface area contributed by atoms with Gasteiger partial charge in [-0.2, -0.15) is 0 Å². The van der Waals surface area contributed by atoms with Gasteiger partial charge in [-0.05, 0) is 24.8 Å². The average Bonchev–Trinajstić information content (AvgIpc) is 2.86. The first-order chi connectivity index (χ1) is 10.9. The van der Waals surface area contributed by atoms with E-state index >= 15 is 0 Å². The fourth-order valence-electron chi connectivity index (χ4n) is 3.58. The van der Waals surface area contributed by atoms with Crippen molar-refractivity contribution in [2.24, 2.45) is 0 Å². The third kappa shape index (κ3) is 3.37. The summed E-state index contributed by atoms with van der Waals surface area (Å²) in [7, 11) is -1.28. The summed E-state index contributed by atoms with van der Waals surface area (Å²) in [4.78, 5) is 13.9. The van der Waals surface area contributed by atoms with E-state index in [1.54, 1.807) is 11.9 Å². The molecule has 0 spiro atoms. The second-order valence-corrected chi connectivity index (χ2v) is 9.06. The molecule has 0 aromatic heterocycles. The van der Waals surface area contributed by atoms with Crippen LogP contribution in [0.25, 0.3) is 0 Å². The van der Waals surface area contributed by atoms with Crippen LogP contribution in [0.5, 0.6) is 0 Å². The third-order valence-electron chi connectivity index (χ3n) is 5.35. The van der Waals surface area contributed by atoms with Gasteiger partial charge in [0, 0.05) is 25.0 Å². The Morgan fingerprint density at radius 2 is 2.00 bits per heavy atom. The highest BCUT2D eigenvalue weighted by Crippen LogP contribution is 2.43. The smallest absolute Gasteiger partial charge is 0.317 e. The maximum atomic E-state index is 12.4. The summed E-state index contributed by atoms with van der Waals surface area (Å²) in [5.41, 5.74) is 1.32. The molecule has 1 saturated heterocycles. The first-order valence-electron chi connectivity index (χ1n) is 8.19. The highest BCUT2D eigenvalue weighted by Gasteiger charge is 2.39. The van der Waals surface area contributed by atoms with Gasteiger partial charge in [0.15, 0.2) is 9.84 Å². The minimum atomic E-state index is -2.98. The van der Waals surface area contributed by atoms with Crippen LogP contribution in [0.3, 0.4) is 0 Å². The Morgan fingerprint density at radius 3 is 2.52 bits per heavy atom. The Hall–Kier alpha value is -1.56. The highest BCUT2D eigenvalue weighted by molar-refractivity contribution is 7.91. The molecule has 0 bridgehead atoms. The number of benzene rings is 1. The molecule has 1 aromatic carbocycles. The highest BCUT2D eigenvalue weighted by atomic mass is 32.2. The number of nitrogens with one attached hydrogen (secondary N) is 1. The first kappa shape index (κ1) is 16.3. The molecule has 1 aliphatic heterocycles. The monoisotopic (exact) mass is 336 g/mol. The lowest BCUT2D eigenvalue weighted by atomic mass is 9.64. The van der Waals surface area contributed by atoms with Crippen molar-refractivity contribution in [3.05, 3.63) is 35.9 Å². The van der Waals surface area contributed by atoms with Gasteiger partial charge in [-0.25, -0.2) is 13.2 Å². The number of sulfone groups is 1. The van der Waals surface area contributed by atoms with Crippen LogP contribution in [0.15, 0.2) is 30.3 Å². The molecule has 1 N–H and O–H groups in total. The van der Waals surface area contributed by atoms with Crippen LogP contribution >= 0.6 is 0 Å². The van der Waals surface area contributed by atoms with Crippen LogP contribution in [0.1, 0.15) is 31.2 Å². The number of carbonyl (C=O) groups excluding carboxylic acids is 1. The molecule has 2 aliphatic rings. The lowest BCUT2D eigenvalue weighted by molar-refractivity contribution is 0.181. The van der Waals surface area contributed by atoms with E-state index in [9.17, 15) is 13.2 Å². The van der Waals surface area contributed by atoms with E-state index in [4.69, 9.17) is 0 Å². The first-order valence-corrected chi connectivity index (χ1v) is 10.0. The normalized spacial score (nSPS) is 24.7. The van der Waals surface area contributed by atoms with E-state index in [0.717, 1.165) is 12.8 Å². The second kappa shape index (κ2) is 6.15. The molecule has 5 nitrogen and oxygen atoms in total. The van der Waals surface area contributed by atoms with Crippen molar-refractivity contribution in [2.45, 2.75) is 37.1 Å². The molecule has 2 fully saturated rings. The predicted octanol–water partition coefficient (Wildman–Crippen LogP) is 1.94. The van der Waals surface area contributed by atoms with Crippen molar-refractivity contribution in [1.29, 1.82) is 0 Å². The fourth-order valence-corrected chi connectivity index (χ4v) is 5.35. The maximum Gasteiger partial charge on any atom is 0.317 e. The van der Waals surface area contributed by atoms with Gasteiger partial charge in [-0.1, -0.05) is 36.8 Å². The lowest BCUT2D eigenvalue weighted by Crippen LogP contribution is -2.50. The third-order valence-corrected chi connectivity index (χ3v) is 7.10. The molecule has 126 valence electrons. The van der Waals surface area contributed by atoms with E-state index in [2.05, 4.69) is 17.4 Å². The van der Waals surface area contributed by atoms with Crippen LogP contribution in [-0.2, 0) is 15.3 Å². The summed E-state index contributed by atoms with van der Waals surface area (Å²) in [5.74, 6) is 0.268. The van der Waals surface area contributed by atoms with Crippen LogP contribution in [-0.4, -0.2) is 50.5 Å². The molecule has 3 rings (SSSR count). The predicted molar refractivity (Wildman–Crippen MR) is 90.2 cm³/mol. The van der Waals surface area contributed by atoms with E-state index in [-0.39, 0.29) is 29.0 Å². The number of carbonyl (C=O) groups is 1. The van der Waals surface area contributed by atoms with Gasteiger partial charge >= 0.3 is 6.03 Å². The molecule has 1 aromatic rings. The second-order valence-electron chi connectivity index (χ2n) is 6.83. The zero-order valence-corrected chi connectivity index (χ0v) is 14.3. The van der Waals surface area contributed by atoms with Crippen molar-refractivity contribution in [3.63, 3.8) is 0 Å². The van der Waals surface area contributed by atoms with Crippen molar-refractivity contribution in [1.82, 2.24) is 10.2 Å². The minimum absolute atomic E-state index is 0.0412. The molecule has 1 atom stereocenters. The van der Waals surface area contributed by atoms with Gasteiger partial charge in [-0.15, -0.1) is 0 Å². The molecule has 1 aliphatic carbocycles. The summed E-state index contributed by atoms with van der Waals surface area (Å²) in [5, 5.41) is 3.02. The van der Waals surface area contributed by atoms with Gasteiger partial charge in [0.2, 0.25) is 0 Å². The lowest BCUT2D eigenvalue weighted by Gasteiger charge is -2.43. The Labute approximate surface area is 138 Å². The van der Waals surface area contributed by atoms with Crippen LogP contribution in [0.4, 0.5) is 4.79 Å². The van der Waals surface area contributed by atoms with E-state index in [0.29, 0.717) is 13.0 Å². The van der Waals surface area contributed by atoms with Crippen molar-refractivity contribution < 1.29 is 13.2 Å². The molecule has 1 heterocycles. The van der Waals surface area contributed by atoms with Crippen LogP contribution in [0.2, 0.25) is 0 Å². The van der Waals surface area contributed by atoms with Crippen molar-refractivity contribution in [2.75, 3.05) is 25.1 Å². The molecule has 0 radical (unpaired) electrons. The van der Waals surface area contributed by atoms with Crippen molar-refractivity contribution in [3.8, 4) is 0 Å². The number of rotatable bonds is 4. The largest absolute Gasteiger partial charge is 0.337 e. The topological polar surface area (TPSA) is 66.5 Å². The number of hydrogen-bond acceptors (Lipinski definition) is 3. The van der Waals surface area contributed by atoms with Crippen LogP contribution < -0.4 is 5.32 Å². The number of amides is 2. The Morgan fingerprint density at radius 1 is 1.30 bits per heavy atom. The SMILES string of the molecule is CN(C(=O)NCC1(c2ccccc2)CCC1)C1CCS(=O)(=O)C1. The molecular formula is C17H24N2O3S. The van der Waals surface area contributed by atoms with E-state index < -0.39 is 9.84 Å². The minimum Gasteiger partial charge on any atom is -0.337 e. The fraction of sp³-hybridized carbons (Fsp3) is 0.588. The summed E-state index contributed by atoms with van der Waals surface area (Å²) in [6.07, 6.45) is 3.88. The Balaban J connectivity index is 1.60. The summed E-state index contributed by atoms with van der Waals surface area (Å²) < 4.78 is 23.1. The molecular weight excluding hydrogens is 312 g/mol. The van der Waals surface area contributed by atoms with Gasteiger partial charge in [-0.3, -0.25) is 0 Å². The summed E-state index contributed by atoms with van der Waals surface area (Å²) in [6.45, 7) is 0.611. The van der Waals surface area contributed by atoms with Crippen molar-refractivity contribution >= 4 is 15.9 Å². The van der Waals surface area contributed by atoms with E-state index in [1.165, 1.54) is 12.0 Å². The van der Waals surface area contributed by atoms with Gasteiger partial charge in [0.1, 0.15) is 0 Å². The van der Waals surface area contributed by atoms with E-state index in [1.807, 2.05) is 18.2 Å². The number of hydrogen-bond donors (Lipinski definition) is 1. The van der Waals surface area contributed by atoms with Gasteiger partial charge in [0.25, 0.3) is 0 Å². The zero-order valence-electron chi connectivity index (χ0n) is 13.5. The number of urea groups is 1. The van der Waals surface area contributed by atoms with Crippen LogP contribution in [0, 0.1) is 0 Å². The molecule has 23 heavy (non-hydrogen) atoms. The molecule has 2 amide bonds.